The number of benzene rings is 4. The van der Waals surface area contributed by atoms with Crippen LogP contribution in [0, 0.1) is 0 Å². The molecule has 11 nitrogen and oxygen atoms in total. The Bertz CT molecular complexity index is 2200. The second-order valence-electron chi connectivity index (χ2n) is 11.7. The number of anilines is 1. The van der Waals surface area contributed by atoms with Crippen molar-refractivity contribution in [2.45, 2.75) is 44.9 Å². The van der Waals surface area contributed by atoms with Gasteiger partial charge in [-0.05, 0) is 71.8 Å². The lowest BCUT2D eigenvalue weighted by Gasteiger charge is -2.15. The molecule has 1 atom stereocenters. The largest absolute Gasteiger partial charge is 0.506 e. The SMILES string of the molecule is F.F.O=C(O)Nc1cc(CCCCCn2c(=O)oc3cc(CNCC(O)c4ccc(O)c5[nH]c(=O)ccc45)ccc32)ccc1-c1ccccc1. The molecule has 4 aromatic carbocycles. The predicted molar refractivity (Wildman–Crippen MR) is 189 cm³/mol. The van der Waals surface area contributed by atoms with Crippen LogP contribution < -0.4 is 21.9 Å². The Morgan fingerprint density at radius 2 is 1.66 bits per heavy atom. The van der Waals surface area contributed by atoms with Crippen molar-refractivity contribution in [3.05, 3.63) is 129 Å². The van der Waals surface area contributed by atoms with E-state index < -0.39 is 18.0 Å². The molecule has 6 N–H and O–H groups in total. The van der Waals surface area contributed by atoms with Gasteiger partial charge in [-0.25, -0.2) is 9.59 Å². The first-order chi connectivity index (χ1) is 23.3. The van der Waals surface area contributed by atoms with E-state index >= 15 is 0 Å². The fourth-order valence-corrected chi connectivity index (χ4v) is 6.06. The van der Waals surface area contributed by atoms with Crippen molar-refractivity contribution in [3.8, 4) is 16.9 Å². The fourth-order valence-electron chi connectivity index (χ4n) is 6.06. The second-order valence-corrected chi connectivity index (χ2v) is 11.7. The number of aromatic hydroxyl groups is 1. The quantitative estimate of drug-likeness (QED) is 0.0754. The molecular formula is C37H38F2N4O7. The maximum absolute atomic E-state index is 12.7. The van der Waals surface area contributed by atoms with Gasteiger partial charge in [-0.1, -0.05) is 61.0 Å². The Hall–Kier alpha value is -5.79. The summed E-state index contributed by atoms with van der Waals surface area (Å²) < 4.78 is 7.19. The van der Waals surface area contributed by atoms with E-state index in [0.717, 1.165) is 47.9 Å². The summed E-state index contributed by atoms with van der Waals surface area (Å²) in [6.45, 7) is 1.15. The minimum atomic E-state index is -1.11. The number of H-pyrrole nitrogens is 1. The number of aliphatic hydroxyl groups excluding tert-OH is 1. The lowest BCUT2D eigenvalue weighted by Crippen LogP contribution is -2.21. The van der Waals surface area contributed by atoms with Crippen LogP contribution in [0.2, 0.25) is 0 Å². The predicted octanol–water partition coefficient (Wildman–Crippen LogP) is 6.44. The molecular weight excluding hydrogens is 650 g/mol. The van der Waals surface area contributed by atoms with E-state index in [9.17, 15) is 29.7 Å². The summed E-state index contributed by atoms with van der Waals surface area (Å²) in [5.74, 6) is -0.479. The van der Waals surface area contributed by atoms with E-state index in [0.29, 0.717) is 40.8 Å². The molecule has 0 bridgehead atoms. The Balaban J connectivity index is 0.00000281. The maximum atomic E-state index is 12.7. The number of hydrogen-bond acceptors (Lipinski definition) is 7. The van der Waals surface area contributed by atoms with Crippen LogP contribution in [-0.4, -0.2) is 37.5 Å². The standard InChI is InChI=1S/C37H36N4O7.2FH/c42-31-16-13-27(28-14-17-34(44)40-35(28)31)32(43)22-38-21-24-11-15-30-33(20-24)48-37(47)41(30)18-6-2-3-7-23-10-12-26(25-8-4-1-5-9-25)29(19-23)39-36(45)46;;/h1,4-5,8-17,19-20,32,38-39,42-43H,2-3,6-7,18,21-22H2,(H,40,44)(H,45,46);2*1H. The molecule has 0 aliphatic heterocycles. The van der Waals surface area contributed by atoms with Crippen LogP contribution in [0.4, 0.5) is 19.9 Å². The van der Waals surface area contributed by atoms with Crippen LogP contribution in [0.25, 0.3) is 33.1 Å². The topological polar surface area (TPSA) is 170 Å². The molecule has 1 unspecified atom stereocenters. The van der Waals surface area contributed by atoms with Crippen LogP contribution in [0.3, 0.4) is 0 Å². The number of hydrogen-bond donors (Lipinski definition) is 6. The van der Waals surface area contributed by atoms with Gasteiger partial charge in [-0.2, -0.15) is 0 Å². The van der Waals surface area contributed by atoms with Gasteiger partial charge in [0.2, 0.25) is 5.56 Å². The molecule has 6 aromatic rings. The monoisotopic (exact) mass is 688 g/mol. The van der Waals surface area contributed by atoms with Crippen molar-refractivity contribution < 1.29 is 33.9 Å². The zero-order chi connectivity index (χ0) is 33.6. The highest BCUT2D eigenvalue weighted by molar-refractivity contribution is 5.91. The number of nitrogens with zero attached hydrogens (tertiary/aromatic N) is 1. The van der Waals surface area contributed by atoms with Crippen molar-refractivity contribution in [1.29, 1.82) is 0 Å². The maximum Gasteiger partial charge on any atom is 0.419 e. The van der Waals surface area contributed by atoms with Crippen molar-refractivity contribution in [2.24, 2.45) is 0 Å². The summed E-state index contributed by atoms with van der Waals surface area (Å²) in [5, 5.41) is 36.6. The number of pyridine rings is 1. The first-order valence-corrected chi connectivity index (χ1v) is 15.8. The van der Waals surface area contributed by atoms with E-state index in [1.165, 1.54) is 12.1 Å². The third-order valence-corrected chi connectivity index (χ3v) is 8.42. The van der Waals surface area contributed by atoms with Gasteiger partial charge in [0.1, 0.15) is 5.75 Å². The number of unbranched alkanes of at least 4 members (excludes halogenated alkanes) is 2. The number of carboxylic acid groups (broad SMARTS) is 1. The van der Waals surface area contributed by atoms with Crippen molar-refractivity contribution >= 4 is 33.8 Å². The molecule has 50 heavy (non-hydrogen) atoms. The van der Waals surface area contributed by atoms with Gasteiger partial charge in [0.15, 0.2) is 5.58 Å². The lowest BCUT2D eigenvalue weighted by atomic mass is 9.99. The number of carbonyl (C=O) groups is 1. The molecule has 0 saturated carbocycles. The smallest absolute Gasteiger partial charge is 0.419 e. The molecule has 2 aromatic heterocycles. The van der Waals surface area contributed by atoms with Gasteiger partial charge >= 0.3 is 11.8 Å². The van der Waals surface area contributed by atoms with E-state index in [4.69, 9.17) is 4.42 Å². The molecule has 0 fully saturated rings. The summed E-state index contributed by atoms with van der Waals surface area (Å²) in [5.41, 5.74) is 5.95. The number of aryl methyl sites for hydroxylation is 2. The van der Waals surface area contributed by atoms with Crippen LogP contribution in [-0.2, 0) is 19.5 Å². The van der Waals surface area contributed by atoms with Crippen LogP contribution in [0.15, 0.2) is 105 Å². The summed E-state index contributed by atoms with van der Waals surface area (Å²) in [7, 11) is 0. The number of halogens is 2. The van der Waals surface area contributed by atoms with Gasteiger partial charge in [0.05, 0.1) is 22.8 Å². The average molecular weight is 689 g/mol. The number of aromatic nitrogens is 2. The number of rotatable bonds is 13. The Kier molecular flexibility index (Phi) is 12.3. The van der Waals surface area contributed by atoms with E-state index in [1.807, 2.05) is 66.7 Å². The molecule has 13 heteroatoms. The van der Waals surface area contributed by atoms with Gasteiger partial charge in [-0.3, -0.25) is 24.1 Å². The number of nitrogens with one attached hydrogen (secondary N) is 3. The van der Waals surface area contributed by atoms with Crippen LogP contribution in [0.5, 0.6) is 5.75 Å². The molecule has 0 spiro atoms. The summed E-state index contributed by atoms with van der Waals surface area (Å²) >= 11 is 0. The Morgan fingerprint density at radius 3 is 2.44 bits per heavy atom. The molecule has 0 aliphatic carbocycles. The summed E-state index contributed by atoms with van der Waals surface area (Å²) in [4.78, 5) is 38.4. The second kappa shape index (κ2) is 16.5. The number of fused-ring (bicyclic) bond motifs is 2. The first kappa shape index (κ1) is 37.0. The van der Waals surface area contributed by atoms with Gasteiger partial charge in [-0.15, -0.1) is 0 Å². The molecule has 0 aliphatic rings. The van der Waals surface area contributed by atoms with Gasteiger partial charge in [0.25, 0.3) is 0 Å². The zero-order valence-corrected chi connectivity index (χ0v) is 26.9. The normalized spacial score (nSPS) is 11.5. The zero-order valence-electron chi connectivity index (χ0n) is 26.9. The molecule has 262 valence electrons. The highest BCUT2D eigenvalue weighted by atomic mass is 19.0. The fraction of sp³-hybridized carbons (Fsp3) is 0.216. The molecule has 0 radical (unpaired) electrons. The van der Waals surface area contributed by atoms with Gasteiger partial charge < -0.3 is 30.0 Å². The highest BCUT2D eigenvalue weighted by Gasteiger charge is 2.15. The number of aliphatic hydroxyl groups is 1. The molecule has 6 rings (SSSR count). The Labute approximate surface area is 284 Å². The van der Waals surface area contributed by atoms with Crippen LogP contribution >= 0.6 is 0 Å². The molecule has 1 amide bonds. The van der Waals surface area contributed by atoms with Crippen molar-refractivity contribution in [3.63, 3.8) is 0 Å². The molecule has 2 heterocycles. The number of amides is 1. The van der Waals surface area contributed by atoms with Crippen molar-refractivity contribution in [2.75, 3.05) is 11.9 Å². The third kappa shape index (κ3) is 8.43. The number of phenolic OH excluding ortho intramolecular Hbond substituents is 1. The van der Waals surface area contributed by atoms with Gasteiger partial charge in [0, 0.05) is 36.7 Å². The number of phenols is 1. The highest BCUT2D eigenvalue weighted by Crippen LogP contribution is 2.30. The number of oxazole rings is 1. The number of aromatic amines is 1. The summed E-state index contributed by atoms with van der Waals surface area (Å²) in [6.07, 6.45) is 1.30. The molecule has 0 saturated heterocycles. The van der Waals surface area contributed by atoms with Crippen molar-refractivity contribution in [1.82, 2.24) is 14.9 Å². The first-order valence-electron chi connectivity index (χ1n) is 15.8. The third-order valence-electron chi connectivity index (χ3n) is 8.42. The van der Waals surface area contributed by atoms with E-state index in [2.05, 4.69) is 15.6 Å². The Morgan fingerprint density at radius 1 is 0.880 bits per heavy atom. The minimum Gasteiger partial charge on any atom is -0.506 e. The summed E-state index contributed by atoms with van der Waals surface area (Å²) in [6, 6.07) is 27.1. The van der Waals surface area contributed by atoms with E-state index in [1.54, 1.807) is 16.7 Å². The van der Waals surface area contributed by atoms with Crippen LogP contribution in [0.1, 0.15) is 42.1 Å². The average Bonchev–Trinajstić information content (AvgIpc) is 3.39. The van der Waals surface area contributed by atoms with E-state index in [-0.39, 0.29) is 32.8 Å². The lowest BCUT2D eigenvalue weighted by molar-refractivity contribution is 0.176. The minimum absolute atomic E-state index is 0.